The van der Waals surface area contributed by atoms with Gasteiger partial charge in [-0.1, -0.05) is 13.0 Å². The molecule has 40 heavy (non-hydrogen) atoms. The standard InChI is InChI=1S/C30H34N4O6/c1-19-14-34(20(2)17-35)30(37)24-13-23(32-29(36)22-8-10-31-11-9-22)5-7-25(24)40-28(19)16-33(3)15-21-4-6-26-27(12-21)39-18-38-26/h4-13,19-20,28,35H,14-18H2,1-3H3,(H,32,36)/t19-,20+,28-/m1/s1. The zero-order valence-electron chi connectivity index (χ0n) is 22.9. The van der Waals surface area contributed by atoms with Crippen LogP contribution in [0.4, 0.5) is 5.69 Å². The minimum absolute atomic E-state index is 0.0172. The molecule has 2 aliphatic heterocycles. The summed E-state index contributed by atoms with van der Waals surface area (Å²) in [5.41, 5.74) is 2.35. The minimum Gasteiger partial charge on any atom is -0.488 e. The van der Waals surface area contributed by atoms with Crippen LogP contribution in [0.15, 0.2) is 60.9 Å². The third-order valence-corrected chi connectivity index (χ3v) is 7.25. The minimum atomic E-state index is -0.386. The molecule has 0 aliphatic carbocycles. The van der Waals surface area contributed by atoms with Crippen LogP contribution in [-0.4, -0.2) is 77.4 Å². The summed E-state index contributed by atoms with van der Waals surface area (Å²) >= 11 is 0. The molecule has 10 heteroatoms. The maximum absolute atomic E-state index is 13.7. The van der Waals surface area contributed by atoms with Crippen molar-refractivity contribution in [3.63, 3.8) is 0 Å². The number of aliphatic hydroxyl groups excluding tert-OH is 1. The highest BCUT2D eigenvalue weighted by Crippen LogP contribution is 2.33. The van der Waals surface area contributed by atoms with Gasteiger partial charge in [0.15, 0.2) is 11.5 Å². The molecule has 2 aromatic carbocycles. The second-order valence-corrected chi connectivity index (χ2v) is 10.4. The number of fused-ring (bicyclic) bond motifs is 2. The van der Waals surface area contributed by atoms with Gasteiger partial charge in [-0.2, -0.15) is 0 Å². The molecule has 3 heterocycles. The van der Waals surface area contributed by atoms with E-state index in [1.54, 1.807) is 47.6 Å². The van der Waals surface area contributed by atoms with Crippen molar-refractivity contribution >= 4 is 17.5 Å². The molecular weight excluding hydrogens is 512 g/mol. The Balaban J connectivity index is 1.37. The third kappa shape index (κ3) is 6.03. The molecule has 0 saturated carbocycles. The Bertz CT molecular complexity index is 1370. The number of ether oxygens (including phenoxy) is 3. The van der Waals surface area contributed by atoms with Gasteiger partial charge in [0.2, 0.25) is 6.79 Å². The summed E-state index contributed by atoms with van der Waals surface area (Å²) in [7, 11) is 2.03. The van der Waals surface area contributed by atoms with E-state index in [9.17, 15) is 14.7 Å². The number of anilines is 1. The highest BCUT2D eigenvalue weighted by molar-refractivity contribution is 6.05. The molecule has 0 spiro atoms. The number of hydrogen-bond donors (Lipinski definition) is 2. The second kappa shape index (κ2) is 11.9. The van der Waals surface area contributed by atoms with E-state index in [1.807, 2.05) is 32.2 Å². The fourth-order valence-corrected chi connectivity index (χ4v) is 4.95. The number of amides is 2. The highest BCUT2D eigenvalue weighted by Gasteiger charge is 2.33. The predicted octanol–water partition coefficient (Wildman–Crippen LogP) is 3.41. The van der Waals surface area contributed by atoms with Crippen molar-refractivity contribution in [1.29, 1.82) is 0 Å². The van der Waals surface area contributed by atoms with Crippen LogP contribution in [0, 0.1) is 5.92 Å². The highest BCUT2D eigenvalue weighted by atomic mass is 16.7. The fraction of sp³-hybridized carbons (Fsp3) is 0.367. The Morgan fingerprint density at radius 3 is 2.65 bits per heavy atom. The van der Waals surface area contributed by atoms with E-state index < -0.39 is 0 Å². The van der Waals surface area contributed by atoms with Crippen molar-refractivity contribution < 1.29 is 28.9 Å². The first-order valence-electron chi connectivity index (χ1n) is 13.3. The summed E-state index contributed by atoms with van der Waals surface area (Å²) in [6, 6.07) is 13.9. The Hall–Kier alpha value is -4.15. The largest absolute Gasteiger partial charge is 0.488 e. The van der Waals surface area contributed by atoms with Crippen LogP contribution >= 0.6 is 0 Å². The number of pyridine rings is 1. The number of benzene rings is 2. The first-order valence-corrected chi connectivity index (χ1v) is 13.3. The monoisotopic (exact) mass is 546 g/mol. The Labute approximate surface area is 233 Å². The van der Waals surface area contributed by atoms with Gasteiger partial charge in [-0.3, -0.25) is 19.5 Å². The topological polar surface area (TPSA) is 113 Å². The van der Waals surface area contributed by atoms with Gasteiger partial charge < -0.3 is 29.5 Å². The van der Waals surface area contributed by atoms with Crippen LogP contribution in [0.25, 0.3) is 0 Å². The van der Waals surface area contributed by atoms with E-state index in [2.05, 4.69) is 22.1 Å². The number of likely N-dealkylation sites (N-methyl/N-ethyl adjacent to an activating group) is 1. The van der Waals surface area contributed by atoms with Crippen LogP contribution in [-0.2, 0) is 6.54 Å². The van der Waals surface area contributed by atoms with Gasteiger partial charge in [0, 0.05) is 49.2 Å². The first kappa shape index (κ1) is 27.4. The molecule has 0 unspecified atom stereocenters. The molecule has 3 aromatic rings. The van der Waals surface area contributed by atoms with Gasteiger partial charge >= 0.3 is 0 Å². The van der Waals surface area contributed by atoms with E-state index >= 15 is 0 Å². The van der Waals surface area contributed by atoms with Crippen molar-refractivity contribution in [2.75, 3.05) is 38.9 Å². The van der Waals surface area contributed by atoms with Gasteiger partial charge in [-0.25, -0.2) is 0 Å². The van der Waals surface area contributed by atoms with Crippen LogP contribution in [0.5, 0.6) is 17.2 Å². The quantitative estimate of drug-likeness (QED) is 0.442. The number of aromatic nitrogens is 1. The van der Waals surface area contributed by atoms with E-state index in [-0.39, 0.29) is 43.3 Å². The maximum Gasteiger partial charge on any atom is 0.258 e. The molecule has 2 N–H and O–H groups in total. The molecule has 0 radical (unpaired) electrons. The number of hydrogen-bond acceptors (Lipinski definition) is 8. The Kier molecular flexibility index (Phi) is 8.18. The number of aliphatic hydroxyl groups is 1. The van der Waals surface area contributed by atoms with Crippen LogP contribution in [0.3, 0.4) is 0 Å². The summed E-state index contributed by atoms with van der Waals surface area (Å²) in [5, 5.41) is 12.8. The van der Waals surface area contributed by atoms with E-state index in [0.717, 1.165) is 17.1 Å². The lowest BCUT2D eigenvalue weighted by molar-refractivity contribution is 0.0341. The molecule has 0 fully saturated rings. The summed E-state index contributed by atoms with van der Waals surface area (Å²) in [4.78, 5) is 34.2. The van der Waals surface area contributed by atoms with E-state index in [4.69, 9.17) is 14.2 Å². The smallest absolute Gasteiger partial charge is 0.258 e. The summed E-state index contributed by atoms with van der Waals surface area (Å²) in [5.74, 6) is 1.36. The molecule has 3 atom stereocenters. The van der Waals surface area contributed by atoms with Gasteiger partial charge in [0.05, 0.1) is 18.2 Å². The lowest BCUT2D eigenvalue weighted by Gasteiger charge is -2.38. The van der Waals surface area contributed by atoms with Crippen LogP contribution < -0.4 is 19.5 Å². The van der Waals surface area contributed by atoms with Crippen molar-refractivity contribution in [2.45, 2.75) is 32.5 Å². The molecule has 0 bridgehead atoms. The zero-order valence-corrected chi connectivity index (χ0v) is 22.9. The average molecular weight is 547 g/mol. The molecule has 5 rings (SSSR count). The van der Waals surface area contributed by atoms with E-state index in [0.29, 0.717) is 42.2 Å². The SMILES string of the molecule is C[C@@H]1CN([C@@H](C)CO)C(=O)c2cc(NC(=O)c3ccncc3)ccc2O[C@@H]1CN(C)Cc1ccc2c(c1)OCO2. The first-order chi connectivity index (χ1) is 19.3. The third-order valence-electron chi connectivity index (χ3n) is 7.25. The average Bonchev–Trinajstić information content (AvgIpc) is 3.43. The van der Waals surface area contributed by atoms with Gasteiger partial charge in [0.1, 0.15) is 11.9 Å². The van der Waals surface area contributed by atoms with Crippen molar-refractivity contribution in [1.82, 2.24) is 14.8 Å². The van der Waals surface area contributed by atoms with Gasteiger partial charge in [-0.05, 0) is 62.0 Å². The Morgan fingerprint density at radius 2 is 1.88 bits per heavy atom. The summed E-state index contributed by atoms with van der Waals surface area (Å²) < 4.78 is 17.4. The van der Waals surface area contributed by atoms with Gasteiger partial charge in [0.25, 0.3) is 11.8 Å². The lowest BCUT2D eigenvalue weighted by Crippen LogP contribution is -2.49. The van der Waals surface area contributed by atoms with Crippen molar-refractivity contribution in [3.05, 3.63) is 77.6 Å². The van der Waals surface area contributed by atoms with Crippen molar-refractivity contribution in [2.24, 2.45) is 5.92 Å². The number of carbonyl (C=O) groups excluding carboxylic acids is 2. The lowest BCUT2D eigenvalue weighted by atomic mass is 9.99. The maximum atomic E-state index is 13.7. The number of carbonyl (C=O) groups is 2. The predicted molar refractivity (Wildman–Crippen MR) is 149 cm³/mol. The van der Waals surface area contributed by atoms with Crippen LogP contribution in [0.1, 0.15) is 40.1 Å². The molecule has 1 aromatic heterocycles. The van der Waals surface area contributed by atoms with Crippen LogP contribution in [0.2, 0.25) is 0 Å². The molecule has 10 nitrogen and oxygen atoms in total. The molecule has 210 valence electrons. The summed E-state index contributed by atoms with van der Waals surface area (Å²) in [6.45, 7) is 5.63. The normalized spacial score (nSPS) is 18.9. The molecular formula is C30H34N4O6. The molecule has 2 amide bonds. The second-order valence-electron chi connectivity index (χ2n) is 10.4. The Morgan fingerprint density at radius 1 is 1.12 bits per heavy atom. The number of nitrogens with zero attached hydrogens (tertiary/aromatic N) is 3. The number of rotatable bonds is 8. The fourth-order valence-electron chi connectivity index (χ4n) is 4.95. The molecule has 2 aliphatic rings. The summed E-state index contributed by atoms with van der Waals surface area (Å²) in [6.07, 6.45) is 2.86. The molecule has 0 saturated heterocycles. The number of nitrogens with one attached hydrogen (secondary N) is 1. The van der Waals surface area contributed by atoms with Crippen molar-refractivity contribution in [3.8, 4) is 17.2 Å². The van der Waals surface area contributed by atoms with Gasteiger partial charge in [-0.15, -0.1) is 0 Å². The zero-order chi connectivity index (χ0) is 28.2. The van der Waals surface area contributed by atoms with E-state index in [1.165, 1.54) is 0 Å².